The van der Waals surface area contributed by atoms with Crippen molar-refractivity contribution in [1.29, 1.82) is 0 Å². The van der Waals surface area contributed by atoms with Gasteiger partial charge in [0.15, 0.2) is 5.78 Å². The highest BCUT2D eigenvalue weighted by Crippen LogP contribution is 2.54. The summed E-state index contributed by atoms with van der Waals surface area (Å²) in [6.07, 6.45) is 3.70. The molecule has 3 atom stereocenters. The van der Waals surface area contributed by atoms with Crippen molar-refractivity contribution in [2.24, 2.45) is 5.92 Å². The molecule has 0 amide bonds. The number of phenols is 8. The molecule has 0 spiro atoms. The SMILES string of the molecule is CC(C)=CCc1c(-c2ccc(O)cc2O)oc2c([C@@H]3C=C(C)C[C@H](C(=O)c4ccc(O)cc4O)[C@H]3c3ccc(O)cc3O)c(O)cc(O)c2c1=O. The molecule has 0 fully saturated rings. The summed E-state index contributed by atoms with van der Waals surface area (Å²) in [5.74, 6) is -6.77. The van der Waals surface area contributed by atoms with Crippen molar-refractivity contribution in [1.82, 2.24) is 0 Å². The van der Waals surface area contributed by atoms with Gasteiger partial charge in [-0.1, -0.05) is 29.4 Å². The largest absolute Gasteiger partial charge is 0.508 e. The summed E-state index contributed by atoms with van der Waals surface area (Å²) in [5.41, 5.74) is 0.847. The molecule has 262 valence electrons. The zero-order valence-electron chi connectivity index (χ0n) is 27.9. The molecule has 51 heavy (non-hydrogen) atoms. The Hall–Kier alpha value is -6.36. The Morgan fingerprint density at radius 1 is 0.784 bits per heavy atom. The molecular formula is C40H36O11. The third-order valence-corrected chi connectivity index (χ3v) is 9.31. The second kappa shape index (κ2) is 13.2. The minimum atomic E-state index is -1.03. The highest BCUT2D eigenvalue weighted by atomic mass is 16.3. The van der Waals surface area contributed by atoms with Crippen molar-refractivity contribution in [2.75, 3.05) is 0 Å². The van der Waals surface area contributed by atoms with E-state index in [1.54, 1.807) is 19.1 Å². The van der Waals surface area contributed by atoms with Crippen molar-refractivity contribution >= 4 is 16.8 Å². The normalized spacial score (nSPS) is 17.2. The topological polar surface area (TPSA) is 209 Å². The van der Waals surface area contributed by atoms with Gasteiger partial charge in [-0.2, -0.15) is 0 Å². The van der Waals surface area contributed by atoms with Gasteiger partial charge in [0.2, 0.25) is 5.43 Å². The predicted octanol–water partition coefficient (Wildman–Crippen LogP) is 7.33. The van der Waals surface area contributed by atoms with Gasteiger partial charge in [-0.3, -0.25) is 9.59 Å². The first-order chi connectivity index (χ1) is 24.2. The van der Waals surface area contributed by atoms with Crippen LogP contribution in [0.25, 0.3) is 22.3 Å². The second-order valence-corrected chi connectivity index (χ2v) is 13.1. The van der Waals surface area contributed by atoms with E-state index < -0.39 is 52.0 Å². The highest BCUT2D eigenvalue weighted by molar-refractivity contribution is 6.01. The van der Waals surface area contributed by atoms with Gasteiger partial charge in [-0.15, -0.1) is 0 Å². The number of aromatic hydroxyl groups is 8. The molecule has 0 bridgehead atoms. The quantitative estimate of drug-likeness (QED) is 0.0625. The van der Waals surface area contributed by atoms with Gasteiger partial charge in [0.25, 0.3) is 0 Å². The van der Waals surface area contributed by atoms with E-state index in [1.807, 2.05) is 13.8 Å². The summed E-state index contributed by atoms with van der Waals surface area (Å²) >= 11 is 0. The average molecular weight is 693 g/mol. The van der Waals surface area contributed by atoms with Crippen LogP contribution in [0.2, 0.25) is 0 Å². The molecule has 1 aromatic heterocycles. The van der Waals surface area contributed by atoms with E-state index in [0.717, 1.165) is 29.8 Å². The van der Waals surface area contributed by atoms with E-state index in [9.17, 15) is 50.4 Å². The van der Waals surface area contributed by atoms with Crippen LogP contribution in [-0.2, 0) is 6.42 Å². The molecule has 5 aromatic rings. The summed E-state index contributed by atoms with van der Waals surface area (Å²) < 4.78 is 6.46. The molecule has 0 saturated heterocycles. The monoisotopic (exact) mass is 692 g/mol. The Kier molecular flexibility index (Phi) is 8.90. The minimum Gasteiger partial charge on any atom is -0.508 e. The second-order valence-electron chi connectivity index (χ2n) is 13.1. The molecule has 11 nitrogen and oxygen atoms in total. The number of ketones is 1. The number of phenolic OH excluding ortho intramolecular Hbond substituents is 8. The van der Waals surface area contributed by atoms with Gasteiger partial charge in [0.05, 0.1) is 11.1 Å². The number of benzene rings is 4. The summed E-state index contributed by atoms with van der Waals surface area (Å²) in [6.45, 7) is 5.42. The molecule has 4 aromatic carbocycles. The van der Waals surface area contributed by atoms with Crippen LogP contribution in [0.4, 0.5) is 0 Å². The summed E-state index contributed by atoms with van der Waals surface area (Å²) in [4.78, 5) is 28.7. The molecule has 1 aliphatic rings. The first-order valence-corrected chi connectivity index (χ1v) is 16.1. The lowest BCUT2D eigenvalue weighted by Crippen LogP contribution is -2.30. The number of carbonyl (C=O) groups excluding carboxylic acids is 1. The maximum atomic E-state index is 14.4. The van der Waals surface area contributed by atoms with Crippen LogP contribution in [-0.4, -0.2) is 46.6 Å². The third kappa shape index (κ3) is 6.29. The number of Topliss-reactive ketones (excluding diaryl/α,β-unsaturated/α-hetero) is 1. The number of hydrogen-bond donors (Lipinski definition) is 8. The third-order valence-electron chi connectivity index (χ3n) is 9.31. The number of carbonyl (C=O) groups is 1. The van der Waals surface area contributed by atoms with Crippen molar-refractivity contribution < 1.29 is 50.1 Å². The number of rotatable bonds is 7. The maximum absolute atomic E-state index is 14.4. The molecule has 0 radical (unpaired) electrons. The number of hydrogen-bond acceptors (Lipinski definition) is 11. The Labute approximate surface area is 291 Å². The Morgan fingerprint density at radius 3 is 2.04 bits per heavy atom. The van der Waals surface area contributed by atoms with Gasteiger partial charge in [-0.05, 0) is 69.5 Å². The van der Waals surface area contributed by atoms with Crippen LogP contribution in [0.5, 0.6) is 46.0 Å². The molecule has 0 aliphatic heterocycles. The fraction of sp³-hybridized carbons (Fsp3) is 0.200. The van der Waals surface area contributed by atoms with Crippen molar-refractivity contribution in [3.05, 3.63) is 116 Å². The smallest absolute Gasteiger partial charge is 0.200 e. The maximum Gasteiger partial charge on any atom is 0.200 e. The lowest BCUT2D eigenvalue weighted by Gasteiger charge is -2.37. The fourth-order valence-corrected chi connectivity index (χ4v) is 7.01. The Morgan fingerprint density at radius 2 is 1.41 bits per heavy atom. The molecule has 1 heterocycles. The molecule has 1 aliphatic carbocycles. The standard InChI is InChI=1S/C40H36O11/c1-18(2)4-8-26-38(50)36-33(48)17-32(47)35(40(36)51-39(26)25-11-7-22(43)16-31(25)46)27-12-19(3)13-28(34(27)23-9-5-20(41)14-29(23)44)37(49)24-10-6-21(42)15-30(24)45/h4-7,9-12,14-17,27-28,34,41-48H,8,13H2,1-3H3/t27-,28+,34+/m1/s1. The molecule has 0 saturated carbocycles. The van der Waals surface area contributed by atoms with Gasteiger partial charge in [-0.25, -0.2) is 0 Å². The van der Waals surface area contributed by atoms with E-state index in [1.165, 1.54) is 36.4 Å². The van der Waals surface area contributed by atoms with E-state index in [-0.39, 0.29) is 80.4 Å². The van der Waals surface area contributed by atoms with Crippen LogP contribution in [0, 0.1) is 5.92 Å². The molecule has 6 rings (SSSR count). The van der Waals surface area contributed by atoms with E-state index >= 15 is 0 Å². The van der Waals surface area contributed by atoms with Gasteiger partial charge in [0, 0.05) is 53.1 Å². The lowest BCUT2D eigenvalue weighted by atomic mass is 9.65. The predicted molar refractivity (Wildman–Crippen MR) is 189 cm³/mol. The van der Waals surface area contributed by atoms with Crippen LogP contribution >= 0.6 is 0 Å². The number of fused-ring (bicyclic) bond motifs is 1. The fourth-order valence-electron chi connectivity index (χ4n) is 7.01. The molecule has 11 heteroatoms. The average Bonchev–Trinajstić information content (AvgIpc) is 3.04. The Bertz CT molecular complexity index is 2340. The molecule has 8 N–H and O–H groups in total. The van der Waals surface area contributed by atoms with E-state index in [0.29, 0.717) is 5.57 Å². The molecular weight excluding hydrogens is 656 g/mol. The summed E-state index contributed by atoms with van der Waals surface area (Å²) in [7, 11) is 0. The van der Waals surface area contributed by atoms with Crippen molar-refractivity contribution in [3.63, 3.8) is 0 Å². The first kappa shape index (κ1) is 34.5. The van der Waals surface area contributed by atoms with Crippen LogP contribution < -0.4 is 5.43 Å². The summed E-state index contributed by atoms with van der Waals surface area (Å²) in [6, 6.07) is 12.2. The van der Waals surface area contributed by atoms with E-state index in [2.05, 4.69) is 0 Å². The van der Waals surface area contributed by atoms with Crippen LogP contribution in [0.3, 0.4) is 0 Å². The van der Waals surface area contributed by atoms with E-state index in [4.69, 9.17) is 4.42 Å². The van der Waals surface area contributed by atoms with Gasteiger partial charge in [0.1, 0.15) is 62.7 Å². The number of allylic oxidation sites excluding steroid dienone is 4. The molecule has 0 unspecified atom stereocenters. The summed E-state index contributed by atoms with van der Waals surface area (Å²) in [5, 5.41) is 85.3. The van der Waals surface area contributed by atoms with Gasteiger partial charge >= 0.3 is 0 Å². The van der Waals surface area contributed by atoms with Crippen molar-refractivity contribution in [2.45, 2.75) is 45.4 Å². The van der Waals surface area contributed by atoms with Crippen molar-refractivity contribution in [3.8, 4) is 57.3 Å². The van der Waals surface area contributed by atoms with Crippen LogP contribution in [0.15, 0.2) is 93.2 Å². The minimum absolute atomic E-state index is 0.0163. The van der Waals surface area contributed by atoms with Gasteiger partial charge < -0.3 is 45.3 Å². The zero-order chi connectivity index (χ0) is 36.9. The first-order valence-electron chi connectivity index (χ1n) is 16.1. The zero-order valence-corrected chi connectivity index (χ0v) is 27.9. The van der Waals surface area contributed by atoms with Crippen LogP contribution in [0.1, 0.15) is 66.1 Å². The lowest BCUT2D eigenvalue weighted by molar-refractivity contribution is 0.0884. The Balaban J connectivity index is 1.69. The highest BCUT2D eigenvalue weighted by Gasteiger charge is 2.43.